The van der Waals surface area contributed by atoms with Crippen LogP contribution in [0.5, 0.6) is 0 Å². The van der Waals surface area contributed by atoms with Gasteiger partial charge in [0.1, 0.15) is 0 Å². The number of hydrogen-bond acceptors (Lipinski definition) is 2. The lowest BCUT2D eigenvalue weighted by Gasteiger charge is -2.36. The van der Waals surface area contributed by atoms with E-state index in [-0.39, 0.29) is 5.60 Å². The first-order valence-electron chi connectivity index (χ1n) is 6.12. The number of anilines is 1. The van der Waals surface area contributed by atoms with Crippen molar-refractivity contribution in [1.29, 1.82) is 0 Å². The lowest BCUT2D eigenvalue weighted by Crippen LogP contribution is -2.40. The maximum atomic E-state index is 5.73. The molecule has 1 aromatic carbocycles. The standard InChI is InChI=1S/C14H20BrNO/c1-10-6-11(15)8-13(7-10)16-12-4-5-17-14(2,3)9-12/h6-8,12,16H,4-5,9H2,1-3H3. The van der Waals surface area contributed by atoms with Crippen LogP contribution in [0.4, 0.5) is 5.69 Å². The smallest absolute Gasteiger partial charge is 0.0646 e. The third kappa shape index (κ3) is 3.71. The van der Waals surface area contributed by atoms with E-state index in [2.05, 4.69) is 60.2 Å². The Hall–Kier alpha value is -0.540. The lowest BCUT2D eigenvalue weighted by atomic mass is 9.94. The Bertz CT molecular complexity index is 383. The summed E-state index contributed by atoms with van der Waals surface area (Å²) >= 11 is 3.54. The highest BCUT2D eigenvalue weighted by Crippen LogP contribution is 2.27. The van der Waals surface area contributed by atoms with E-state index in [1.165, 1.54) is 11.3 Å². The monoisotopic (exact) mass is 297 g/mol. The molecule has 2 nitrogen and oxygen atoms in total. The van der Waals surface area contributed by atoms with Gasteiger partial charge in [-0.25, -0.2) is 0 Å². The second-order valence-electron chi connectivity index (χ2n) is 5.46. The van der Waals surface area contributed by atoms with Gasteiger partial charge >= 0.3 is 0 Å². The minimum atomic E-state index is -0.00300. The minimum absolute atomic E-state index is 0.00300. The van der Waals surface area contributed by atoms with Gasteiger partial charge in [-0.15, -0.1) is 0 Å². The van der Waals surface area contributed by atoms with E-state index in [1.807, 2.05) is 0 Å². The molecule has 1 saturated heterocycles. The van der Waals surface area contributed by atoms with Gasteiger partial charge in [-0.2, -0.15) is 0 Å². The van der Waals surface area contributed by atoms with Crippen molar-refractivity contribution in [2.45, 2.75) is 45.3 Å². The van der Waals surface area contributed by atoms with E-state index in [0.29, 0.717) is 6.04 Å². The summed E-state index contributed by atoms with van der Waals surface area (Å²) in [5.74, 6) is 0. The molecule has 1 fully saturated rings. The van der Waals surface area contributed by atoms with Crippen molar-refractivity contribution >= 4 is 21.6 Å². The summed E-state index contributed by atoms with van der Waals surface area (Å²) in [7, 11) is 0. The maximum Gasteiger partial charge on any atom is 0.0646 e. The summed E-state index contributed by atoms with van der Waals surface area (Å²) in [6.45, 7) is 7.28. The number of nitrogens with one attached hydrogen (secondary N) is 1. The summed E-state index contributed by atoms with van der Waals surface area (Å²) in [5.41, 5.74) is 2.46. The van der Waals surface area contributed by atoms with Gasteiger partial charge in [0.05, 0.1) is 5.60 Å². The van der Waals surface area contributed by atoms with E-state index in [1.54, 1.807) is 0 Å². The van der Waals surface area contributed by atoms with Crippen LogP contribution in [0.25, 0.3) is 0 Å². The Balaban J connectivity index is 2.05. The Kier molecular flexibility index (Phi) is 3.79. The molecule has 1 aromatic rings. The molecule has 0 aliphatic carbocycles. The second kappa shape index (κ2) is 4.99. The highest BCUT2D eigenvalue weighted by atomic mass is 79.9. The molecule has 2 rings (SSSR count). The van der Waals surface area contributed by atoms with Crippen molar-refractivity contribution in [3.63, 3.8) is 0 Å². The van der Waals surface area contributed by atoms with Crippen molar-refractivity contribution in [2.24, 2.45) is 0 Å². The first kappa shape index (κ1) is 12.9. The molecule has 0 aromatic heterocycles. The van der Waals surface area contributed by atoms with Crippen LogP contribution in [0.3, 0.4) is 0 Å². The second-order valence-corrected chi connectivity index (χ2v) is 6.38. The fraction of sp³-hybridized carbons (Fsp3) is 0.571. The highest BCUT2D eigenvalue weighted by Gasteiger charge is 2.28. The van der Waals surface area contributed by atoms with Gasteiger partial charge in [0.15, 0.2) is 0 Å². The van der Waals surface area contributed by atoms with E-state index < -0.39 is 0 Å². The first-order chi connectivity index (χ1) is 7.94. The van der Waals surface area contributed by atoms with Gasteiger partial charge in [0.25, 0.3) is 0 Å². The van der Waals surface area contributed by atoms with Gasteiger partial charge < -0.3 is 10.1 Å². The molecule has 3 heteroatoms. The third-order valence-electron chi connectivity index (χ3n) is 3.11. The van der Waals surface area contributed by atoms with Crippen molar-refractivity contribution in [1.82, 2.24) is 0 Å². The first-order valence-corrected chi connectivity index (χ1v) is 6.92. The summed E-state index contributed by atoms with van der Waals surface area (Å²) in [5, 5.41) is 3.61. The number of halogens is 1. The van der Waals surface area contributed by atoms with Crippen molar-refractivity contribution in [3.8, 4) is 0 Å². The van der Waals surface area contributed by atoms with Gasteiger partial charge in [0, 0.05) is 22.8 Å². The van der Waals surface area contributed by atoms with E-state index in [9.17, 15) is 0 Å². The number of ether oxygens (including phenoxy) is 1. The lowest BCUT2D eigenvalue weighted by molar-refractivity contribution is -0.0553. The third-order valence-corrected chi connectivity index (χ3v) is 3.57. The summed E-state index contributed by atoms with van der Waals surface area (Å²) in [6, 6.07) is 6.95. The van der Waals surface area contributed by atoms with Gasteiger partial charge in [-0.05, 0) is 57.4 Å². The summed E-state index contributed by atoms with van der Waals surface area (Å²) in [6.07, 6.45) is 2.13. The fourth-order valence-corrected chi connectivity index (χ4v) is 3.02. The molecule has 1 heterocycles. The quantitative estimate of drug-likeness (QED) is 0.886. The SMILES string of the molecule is Cc1cc(Br)cc(NC2CCOC(C)(C)C2)c1. The highest BCUT2D eigenvalue weighted by molar-refractivity contribution is 9.10. The molecule has 0 radical (unpaired) electrons. The molecular weight excluding hydrogens is 278 g/mol. The van der Waals surface area contributed by atoms with Gasteiger partial charge in [-0.3, -0.25) is 0 Å². The Morgan fingerprint density at radius 1 is 1.35 bits per heavy atom. The zero-order chi connectivity index (χ0) is 12.5. The Morgan fingerprint density at radius 3 is 2.76 bits per heavy atom. The maximum absolute atomic E-state index is 5.73. The number of benzene rings is 1. The average molecular weight is 298 g/mol. The van der Waals surface area contributed by atoms with Crippen molar-refractivity contribution < 1.29 is 4.74 Å². The number of aryl methyl sites for hydroxylation is 1. The van der Waals surface area contributed by atoms with Crippen LogP contribution < -0.4 is 5.32 Å². The van der Waals surface area contributed by atoms with Crippen LogP contribution in [0.2, 0.25) is 0 Å². The van der Waals surface area contributed by atoms with Crippen LogP contribution in [-0.2, 0) is 4.74 Å². The minimum Gasteiger partial charge on any atom is -0.382 e. The molecule has 1 aliphatic heterocycles. The van der Waals surface area contributed by atoms with E-state index >= 15 is 0 Å². The molecule has 1 N–H and O–H groups in total. The fourth-order valence-electron chi connectivity index (χ4n) is 2.41. The van der Waals surface area contributed by atoms with Crippen molar-refractivity contribution in [3.05, 3.63) is 28.2 Å². The zero-order valence-corrected chi connectivity index (χ0v) is 12.3. The van der Waals surface area contributed by atoms with Crippen LogP contribution in [0.15, 0.2) is 22.7 Å². The summed E-state index contributed by atoms with van der Waals surface area (Å²) < 4.78 is 6.86. The van der Waals surface area contributed by atoms with E-state index in [0.717, 1.165) is 23.9 Å². The van der Waals surface area contributed by atoms with Crippen LogP contribution in [0.1, 0.15) is 32.3 Å². The van der Waals surface area contributed by atoms with Crippen LogP contribution in [0, 0.1) is 6.92 Å². The number of hydrogen-bond donors (Lipinski definition) is 1. The molecule has 0 bridgehead atoms. The Labute approximate surface area is 112 Å². The van der Waals surface area contributed by atoms with Crippen molar-refractivity contribution in [2.75, 3.05) is 11.9 Å². The largest absolute Gasteiger partial charge is 0.382 e. The predicted molar refractivity (Wildman–Crippen MR) is 75.6 cm³/mol. The predicted octanol–water partition coefficient (Wildman–Crippen LogP) is 4.13. The zero-order valence-electron chi connectivity index (χ0n) is 10.7. The van der Waals surface area contributed by atoms with Gasteiger partial charge in [-0.1, -0.05) is 15.9 Å². The molecule has 1 atom stereocenters. The summed E-state index contributed by atoms with van der Waals surface area (Å²) in [4.78, 5) is 0. The number of rotatable bonds is 2. The van der Waals surface area contributed by atoms with Crippen LogP contribution in [-0.4, -0.2) is 18.2 Å². The normalized spacial score (nSPS) is 23.4. The molecule has 0 saturated carbocycles. The topological polar surface area (TPSA) is 21.3 Å². The molecular formula is C14H20BrNO. The molecule has 1 unspecified atom stereocenters. The molecule has 1 aliphatic rings. The molecule has 17 heavy (non-hydrogen) atoms. The molecule has 94 valence electrons. The van der Waals surface area contributed by atoms with Gasteiger partial charge in [0.2, 0.25) is 0 Å². The molecule has 0 spiro atoms. The van der Waals surface area contributed by atoms with Crippen LogP contribution >= 0.6 is 15.9 Å². The molecule has 0 amide bonds. The average Bonchev–Trinajstić information content (AvgIpc) is 2.13. The Morgan fingerprint density at radius 2 is 2.12 bits per heavy atom. The van der Waals surface area contributed by atoms with E-state index in [4.69, 9.17) is 4.74 Å².